The molecule has 0 radical (unpaired) electrons. The number of aromatic nitrogens is 2. The summed E-state index contributed by atoms with van der Waals surface area (Å²) in [5.41, 5.74) is 2.62. The lowest BCUT2D eigenvalue weighted by Crippen LogP contribution is -2.35. The number of H-pyrrole nitrogens is 1. The maximum atomic E-state index is 12.8. The second-order valence-electron chi connectivity index (χ2n) is 6.80. The third-order valence-corrected chi connectivity index (χ3v) is 6.99. The number of aliphatic hydroxyl groups excluding tert-OH is 1. The average molecular weight is 432 g/mol. The fourth-order valence-electron chi connectivity index (χ4n) is 3.51. The van der Waals surface area contributed by atoms with Crippen LogP contribution in [-0.2, 0) is 14.8 Å². The zero-order valence-electron chi connectivity index (χ0n) is 17.0. The van der Waals surface area contributed by atoms with Crippen molar-refractivity contribution in [2.75, 3.05) is 27.3 Å². The molecule has 0 spiro atoms. The number of hydrogen-bond acceptors (Lipinski definition) is 6. The Bertz CT molecular complexity index is 1120. The Morgan fingerprint density at radius 1 is 1.10 bits per heavy atom. The molecule has 0 aliphatic carbocycles. The van der Waals surface area contributed by atoms with Gasteiger partial charge in [-0.05, 0) is 36.6 Å². The summed E-state index contributed by atoms with van der Waals surface area (Å²) < 4.78 is 31.9. The van der Waals surface area contributed by atoms with Gasteiger partial charge in [-0.2, -0.15) is 4.31 Å². The average Bonchev–Trinajstić information content (AvgIpc) is 3.24. The number of methoxy groups -OCH3 is 1. The summed E-state index contributed by atoms with van der Waals surface area (Å²) in [6.07, 6.45) is 6.15. The molecule has 3 aromatic rings. The highest BCUT2D eigenvalue weighted by Crippen LogP contribution is 2.27. The van der Waals surface area contributed by atoms with Gasteiger partial charge in [0, 0.05) is 43.5 Å². The highest BCUT2D eigenvalue weighted by molar-refractivity contribution is 7.89. The second kappa shape index (κ2) is 9.38. The van der Waals surface area contributed by atoms with E-state index in [4.69, 9.17) is 9.84 Å². The molecular formula is C21H25N3O5S. The van der Waals surface area contributed by atoms with E-state index < -0.39 is 16.0 Å². The first-order valence-electron chi connectivity index (χ1n) is 9.61. The van der Waals surface area contributed by atoms with Crippen molar-refractivity contribution >= 4 is 27.0 Å². The molecule has 0 saturated carbocycles. The van der Waals surface area contributed by atoms with Gasteiger partial charge in [-0.15, -0.1) is 0 Å². The van der Waals surface area contributed by atoms with E-state index in [9.17, 15) is 13.2 Å². The minimum Gasteiger partial charge on any atom is -0.465 e. The Balaban J connectivity index is 0.00000124. The number of hydrogen-bond donors (Lipinski definition) is 2. The highest BCUT2D eigenvalue weighted by atomic mass is 32.2. The quantitative estimate of drug-likeness (QED) is 0.614. The molecule has 3 heterocycles. The highest BCUT2D eigenvalue weighted by Gasteiger charge is 2.25. The predicted octanol–water partition coefficient (Wildman–Crippen LogP) is 2.80. The standard InChI is InChI=1S/C20H21N3O4S.CH4O/c1-27-20(24)18-13-22-19-17(18)11-15(12-21-19)14-5-7-16(8-6-14)28(25,26)23-9-3-2-4-10-23;1-2/h5-8,11-13H,2-4,9-10H2,1H3,(H,21,22);2H,1H3. The topological polar surface area (TPSA) is 113 Å². The Hall–Kier alpha value is -2.75. The van der Waals surface area contributed by atoms with Crippen molar-refractivity contribution in [3.05, 3.63) is 48.3 Å². The van der Waals surface area contributed by atoms with Crippen LogP contribution in [0.3, 0.4) is 0 Å². The number of aliphatic hydroxyl groups is 1. The van der Waals surface area contributed by atoms with E-state index in [1.807, 2.05) is 6.07 Å². The molecule has 4 rings (SSSR count). The SMILES string of the molecule is CO.COC(=O)c1c[nH]c2ncc(-c3ccc(S(=O)(=O)N4CCCCC4)cc3)cc12. The summed E-state index contributed by atoms with van der Waals surface area (Å²) in [5, 5.41) is 7.66. The largest absolute Gasteiger partial charge is 0.465 e. The maximum absolute atomic E-state index is 12.8. The normalized spacial score (nSPS) is 14.8. The van der Waals surface area contributed by atoms with Crippen LogP contribution in [0.1, 0.15) is 29.6 Å². The zero-order valence-corrected chi connectivity index (χ0v) is 17.8. The molecule has 1 saturated heterocycles. The van der Waals surface area contributed by atoms with Crippen LogP contribution in [0.4, 0.5) is 0 Å². The van der Waals surface area contributed by atoms with Crippen LogP contribution in [0.2, 0.25) is 0 Å². The molecule has 9 heteroatoms. The van der Waals surface area contributed by atoms with E-state index in [-0.39, 0.29) is 0 Å². The van der Waals surface area contributed by atoms with Gasteiger partial charge in [0.15, 0.2) is 0 Å². The maximum Gasteiger partial charge on any atom is 0.340 e. The number of carbonyl (C=O) groups excluding carboxylic acids is 1. The van der Waals surface area contributed by atoms with Crippen LogP contribution in [0.5, 0.6) is 0 Å². The summed E-state index contributed by atoms with van der Waals surface area (Å²) in [4.78, 5) is 19.5. The lowest BCUT2D eigenvalue weighted by atomic mass is 10.1. The molecule has 160 valence electrons. The van der Waals surface area contributed by atoms with Crippen LogP contribution in [0, 0.1) is 0 Å². The van der Waals surface area contributed by atoms with E-state index in [1.54, 1.807) is 41.0 Å². The van der Waals surface area contributed by atoms with Crippen molar-refractivity contribution in [2.24, 2.45) is 0 Å². The second-order valence-corrected chi connectivity index (χ2v) is 8.74. The number of rotatable bonds is 4. The molecule has 1 aliphatic heterocycles. The lowest BCUT2D eigenvalue weighted by Gasteiger charge is -2.25. The molecule has 1 aromatic carbocycles. The summed E-state index contributed by atoms with van der Waals surface area (Å²) in [7, 11) is -1.12. The van der Waals surface area contributed by atoms with E-state index in [0.29, 0.717) is 34.6 Å². The van der Waals surface area contributed by atoms with Crippen molar-refractivity contribution in [1.29, 1.82) is 0 Å². The first-order chi connectivity index (χ1) is 14.5. The van der Waals surface area contributed by atoms with Crippen LogP contribution in [-0.4, -0.2) is 61.1 Å². The van der Waals surface area contributed by atoms with Crippen LogP contribution >= 0.6 is 0 Å². The Morgan fingerprint density at radius 2 is 1.77 bits per heavy atom. The number of sulfonamides is 1. The predicted molar refractivity (Wildman–Crippen MR) is 114 cm³/mol. The molecule has 30 heavy (non-hydrogen) atoms. The Labute approximate surface area is 175 Å². The fourth-order valence-corrected chi connectivity index (χ4v) is 5.03. The van der Waals surface area contributed by atoms with Crippen molar-refractivity contribution in [1.82, 2.24) is 14.3 Å². The number of aromatic amines is 1. The third-order valence-electron chi connectivity index (χ3n) is 5.08. The van der Waals surface area contributed by atoms with Crippen molar-refractivity contribution in [2.45, 2.75) is 24.2 Å². The lowest BCUT2D eigenvalue weighted by molar-refractivity contribution is 0.0603. The monoisotopic (exact) mass is 431 g/mol. The third kappa shape index (κ3) is 4.23. The fraction of sp³-hybridized carbons (Fsp3) is 0.333. The molecule has 2 aromatic heterocycles. The molecule has 0 unspecified atom stereocenters. The van der Waals surface area contributed by atoms with Crippen molar-refractivity contribution in [3.8, 4) is 11.1 Å². The number of esters is 1. The molecule has 0 amide bonds. The number of pyridine rings is 1. The minimum absolute atomic E-state index is 0.295. The van der Waals surface area contributed by atoms with Gasteiger partial charge in [-0.3, -0.25) is 0 Å². The summed E-state index contributed by atoms with van der Waals surface area (Å²) >= 11 is 0. The summed E-state index contributed by atoms with van der Waals surface area (Å²) in [6.45, 7) is 1.16. The van der Waals surface area contributed by atoms with E-state index in [1.165, 1.54) is 7.11 Å². The molecule has 0 bridgehead atoms. The number of carbonyl (C=O) groups is 1. The number of piperidine rings is 1. The number of ether oxygens (including phenoxy) is 1. The number of fused-ring (bicyclic) bond motifs is 1. The Kier molecular flexibility index (Phi) is 6.86. The van der Waals surface area contributed by atoms with Gasteiger partial charge in [0.1, 0.15) is 5.65 Å². The van der Waals surface area contributed by atoms with E-state index in [2.05, 4.69) is 9.97 Å². The number of nitrogens with one attached hydrogen (secondary N) is 1. The Morgan fingerprint density at radius 3 is 2.40 bits per heavy atom. The summed E-state index contributed by atoms with van der Waals surface area (Å²) in [5.74, 6) is -0.437. The van der Waals surface area contributed by atoms with Crippen LogP contribution < -0.4 is 0 Å². The van der Waals surface area contributed by atoms with Gasteiger partial charge in [0.25, 0.3) is 0 Å². The van der Waals surface area contributed by atoms with E-state index >= 15 is 0 Å². The van der Waals surface area contributed by atoms with Crippen LogP contribution in [0.15, 0.2) is 47.6 Å². The molecule has 8 nitrogen and oxygen atoms in total. The van der Waals surface area contributed by atoms with Crippen LogP contribution in [0.25, 0.3) is 22.2 Å². The van der Waals surface area contributed by atoms with Gasteiger partial charge in [-0.25, -0.2) is 18.2 Å². The number of benzene rings is 1. The summed E-state index contributed by atoms with van der Waals surface area (Å²) in [6, 6.07) is 8.64. The smallest absolute Gasteiger partial charge is 0.340 e. The first kappa shape index (κ1) is 21.9. The minimum atomic E-state index is -3.46. The first-order valence-corrected chi connectivity index (χ1v) is 11.1. The van der Waals surface area contributed by atoms with Gasteiger partial charge in [0.2, 0.25) is 10.0 Å². The molecular weight excluding hydrogens is 406 g/mol. The van der Waals surface area contributed by atoms with Gasteiger partial charge in [0.05, 0.1) is 17.6 Å². The molecule has 2 N–H and O–H groups in total. The molecule has 1 aliphatic rings. The number of nitrogens with zero attached hydrogens (tertiary/aromatic N) is 2. The van der Waals surface area contributed by atoms with Crippen molar-refractivity contribution in [3.63, 3.8) is 0 Å². The van der Waals surface area contributed by atoms with Crippen molar-refractivity contribution < 1.29 is 23.1 Å². The zero-order chi connectivity index (χ0) is 21.7. The van der Waals surface area contributed by atoms with Gasteiger partial charge < -0.3 is 14.8 Å². The van der Waals surface area contributed by atoms with E-state index in [0.717, 1.165) is 37.5 Å². The molecule has 0 atom stereocenters. The van der Waals surface area contributed by atoms with Gasteiger partial charge in [-0.1, -0.05) is 18.6 Å². The van der Waals surface area contributed by atoms with Gasteiger partial charge >= 0.3 is 5.97 Å². The molecule has 1 fully saturated rings.